The minimum atomic E-state index is -0.314. The van der Waals surface area contributed by atoms with E-state index < -0.39 is 0 Å². The molecule has 2 aromatic rings. The number of ether oxygens (including phenoxy) is 1. The molecule has 1 aromatic heterocycles. The molecule has 6 nitrogen and oxygen atoms in total. The molecule has 104 valence electrons. The summed E-state index contributed by atoms with van der Waals surface area (Å²) in [5.74, 6) is 0.0642. The molecule has 0 unspecified atom stereocenters. The van der Waals surface area contributed by atoms with Gasteiger partial charge in [-0.3, -0.25) is 10.1 Å². The molecular formula is C14H15N3O3. The van der Waals surface area contributed by atoms with Crippen molar-refractivity contribution in [1.29, 1.82) is 0 Å². The topological polar surface area (TPSA) is 84.3 Å². The van der Waals surface area contributed by atoms with Crippen molar-refractivity contribution in [3.8, 4) is 5.88 Å². The lowest BCUT2D eigenvalue weighted by molar-refractivity contribution is 0.102. The van der Waals surface area contributed by atoms with Gasteiger partial charge in [-0.1, -0.05) is 17.7 Å². The number of carbonyl (C=O) groups is 1. The normalized spacial score (nSPS) is 10.2. The summed E-state index contributed by atoms with van der Waals surface area (Å²) in [5.41, 5.74) is 1.87. The molecular weight excluding hydrogens is 258 g/mol. The van der Waals surface area contributed by atoms with Crippen molar-refractivity contribution in [2.75, 3.05) is 12.4 Å². The van der Waals surface area contributed by atoms with Crippen LogP contribution in [-0.4, -0.2) is 28.1 Å². The summed E-state index contributed by atoms with van der Waals surface area (Å²) in [6.07, 6.45) is 0. The number of aliphatic hydroxyl groups is 1. The highest BCUT2D eigenvalue weighted by atomic mass is 16.5. The summed E-state index contributed by atoms with van der Waals surface area (Å²) in [6, 6.07) is 8.68. The first-order chi connectivity index (χ1) is 9.62. The fourth-order valence-corrected chi connectivity index (χ4v) is 1.67. The van der Waals surface area contributed by atoms with Gasteiger partial charge in [0.05, 0.1) is 19.4 Å². The van der Waals surface area contributed by atoms with Gasteiger partial charge in [-0.05, 0) is 19.1 Å². The lowest BCUT2D eigenvalue weighted by atomic mass is 10.1. The van der Waals surface area contributed by atoms with E-state index in [1.807, 2.05) is 13.0 Å². The van der Waals surface area contributed by atoms with Crippen LogP contribution in [0.5, 0.6) is 5.88 Å². The number of rotatable bonds is 4. The Labute approximate surface area is 116 Å². The van der Waals surface area contributed by atoms with Crippen molar-refractivity contribution in [2.24, 2.45) is 0 Å². The Morgan fingerprint density at radius 1 is 1.35 bits per heavy atom. The van der Waals surface area contributed by atoms with Crippen LogP contribution < -0.4 is 10.1 Å². The molecule has 1 amide bonds. The van der Waals surface area contributed by atoms with Crippen LogP contribution in [0, 0.1) is 6.92 Å². The molecule has 0 atom stereocenters. The first-order valence-electron chi connectivity index (χ1n) is 6.03. The molecule has 0 aliphatic heterocycles. The lowest BCUT2D eigenvalue weighted by Gasteiger charge is -2.07. The Morgan fingerprint density at radius 2 is 2.15 bits per heavy atom. The molecule has 2 N–H and O–H groups in total. The molecule has 0 fully saturated rings. The largest absolute Gasteiger partial charge is 0.481 e. The molecule has 0 saturated carbocycles. The number of methoxy groups -OCH3 is 1. The summed E-state index contributed by atoms with van der Waals surface area (Å²) in [7, 11) is 1.45. The molecule has 0 saturated heterocycles. The minimum absolute atomic E-state index is 0.0971. The molecule has 6 heteroatoms. The monoisotopic (exact) mass is 273 g/mol. The van der Waals surface area contributed by atoms with Crippen LogP contribution in [0.2, 0.25) is 0 Å². The van der Waals surface area contributed by atoms with Gasteiger partial charge in [0.2, 0.25) is 11.8 Å². The predicted octanol–water partition coefficient (Wildman–Crippen LogP) is 1.54. The lowest BCUT2D eigenvalue weighted by Crippen LogP contribution is -2.15. The van der Waals surface area contributed by atoms with E-state index in [4.69, 9.17) is 9.84 Å². The van der Waals surface area contributed by atoms with E-state index >= 15 is 0 Å². The Hall–Kier alpha value is -2.47. The second-order valence-electron chi connectivity index (χ2n) is 4.21. The standard InChI is InChI=1S/C14H15N3O3/c1-9-4-3-5-10(6-9)13(19)17-14-15-11(8-18)7-12(16-14)20-2/h3-7,18H,8H2,1-2H3,(H,15,16,17,19). The number of hydrogen-bond donors (Lipinski definition) is 2. The molecule has 0 radical (unpaired) electrons. The summed E-state index contributed by atoms with van der Waals surface area (Å²) in [5, 5.41) is 11.7. The van der Waals surface area contributed by atoms with E-state index in [9.17, 15) is 4.79 Å². The molecule has 1 heterocycles. The van der Waals surface area contributed by atoms with Crippen molar-refractivity contribution < 1.29 is 14.6 Å². The van der Waals surface area contributed by atoms with Crippen molar-refractivity contribution in [2.45, 2.75) is 13.5 Å². The third-order valence-electron chi connectivity index (χ3n) is 2.63. The zero-order chi connectivity index (χ0) is 14.5. The van der Waals surface area contributed by atoms with Crippen LogP contribution in [0.15, 0.2) is 30.3 Å². The van der Waals surface area contributed by atoms with Gasteiger partial charge >= 0.3 is 0 Å². The minimum Gasteiger partial charge on any atom is -0.481 e. The highest BCUT2D eigenvalue weighted by Crippen LogP contribution is 2.13. The van der Waals surface area contributed by atoms with E-state index in [-0.39, 0.29) is 24.3 Å². The maximum absolute atomic E-state index is 12.1. The van der Waals surface area contributed by atoms with Gasteiger partial charge < -0.3 is 9.84 Å². The zero-order valence-electron chi connectivity index (χ0n) is 11.3. The summed E-state index contributed by atoms with van der Waals surface area (Å²) in [4.78, 5) is 20.1. The van der Waals surface area contributed by atoms with Crippen LogP contribution >= 0.6 is 0 Å². The second kappa shape index (κ2) is 6.12. The SMILES string of the molecule is COc1cc(CO)nc(NC(=O)c2cccc(C)c2)n1. The number of aryl methyl sites for hydroxylation is 1. The average molecular weight is 273 g/mol. The van der Waals surface area contributed by atoms with Crippen molar-refractivity contribution in [3.05, 3.63) is 47.2 Å². The number of carbonyl (C=O) groups excluding carboxylic acids is 1. The third kappa shape index (κ3) is 3.30. The Morgan fingerprint density at radius 3 is 2.80 bits per heavy atom. The van der Waals surface area contributed by atoms with Gasteiger partial charge in [-0.2, -0.15) is 4.98 Å². The number of nitrogens with one attached hydrogen (secondary N) is 1. The molecule has 1 aromatic carbocycles. The van der Waals surface area contributed by atoms with Gasteiger partial charge in [0.25, 0.3) is 5.91 Å². The molecule has 0 spiro atoms. The van der Waals surface area contributed by atoms with Gasteiger partial charge in [0.1, 0.15) is 0 Å². The van der Waals surface area contributed by atoms with Crippen molar-refractivity contribution in [3.63, 3.8) is 0 Å². The van der Waals surface area contributed by atoms with Gasteiger partial charge in [-0.15, -0.1) is 0 Å². The number of aliphatic hydroxyl groups excluding tert-OH is 1. The van der Waals surface area contributed by atoms with Gasteiger partial charge in [0.15, 0.2) is 0 Å². The number of benzene rings is 1. The van der Waals surface area contributed by atoms with E-state index in [1.165, 1.54) is 13.2 Å². The number of amides is 1. The van der Waals surface area contributed by atoms with Gasteiger partial charge in [-0.25, -0.2) is 4.98 Å². The predicted molar refractivity (Wildman–Crippen MR) is 73.6 cm³/mol. The smallest absolute Gasteiger partial charge is 0.258 e. The highest BCUT2D eigenvalue weighted by Gasteiger charge is 2.10. The van der Waals surface area contributed by atoms with Crippen molar-refractivity contribution in [1.82, 2.24) is 9.97 Å². The first-order valence-corrected chi connectivity index (χ1v) is 6.03. The third-order valence-corrected chi connectivity index (χ3v) is 2.63. The van der Waals surface area contributed by atoms with Crippen LogP contribution in [0.4, 0.5) is 5.95 Å². The number of hydrogen-bond acceptors (Lipinski definition) is 5. The van der Waals surface area contributed by atoms with Gasteiger partial charge in [0, 0.05) is 11.6 Å². The maximum atomic E-state index is 12.1. The fraction of sp³-hybridized carbons (Fsp3) is 0.214. The van der Waals surface area contributed by atoms with Crippen molar-refractivity contribution >= 4 is 11.9 Å². The van der Waals surface area contributed by atoms with Crippen LogP contribution in [0.25, 0.3) is 0 Å². The molecule has 0 bridgehead atoms. The molecule has 20 heavy (non-hydrogen) atoms. The molecule has 0 aliphatic carbocycles. The number of aromatic nitrogens is 2. The Kier molecular flexibility index (Phi) is 4.27. The van der Waals surface area contributed by atoms with E-state index in [0.717, 1.165) is 5.56 Å². The highest BCUT2D eigenvalue weighted by molar-refractivity contribution is 6.03. The van der Waals surface area contributed by atoms with Crippen LogP contribution in [0.3, 0.4) is 0 Å². The summed E-state index contributed by atoms with van der Waals surface area (Å²) in [6.45, 7) is 1.65. The quantitative estimate of drug-likeness (QED) is 0.882. The first kappa shape index (κ1) is 14.0. The number of anilines is 1. The van der Waals surface area contributed by atoms with E-state index in [0.29, 0.717) is 11.3 Å². The summed E-state index contributed by atoms with van der Waals surface area (Å²) >= 11 is 0. The maximum Gasteiger partial charge on any atom is 0.258 e. The fourth-order valence-electron chi connectivity index (χ4n) is 1.67. The van der Waals surface area contributed by atoms with E-state index in [1.54, 1.807) is 18.2 Å². The van der Waals surface area contributed by atoms with Crippen LogP contribution in [-0.2, 0) is 6.61 Å². The molecule has 2 rings (SSSR count). The average Bonchev–Trinajstić information content (AvgIpc) is 2.46. The number of nitrogens with zero attached hydrogens (tertiary/aromatic N) is 2. The Bertz CT molecular complexity index is 607. The summed E-state index contributed by atoms with van der Waals surface area (Å²) < 4.78 is 4.99. The zero-order valence-corrected chi connectivity index (χ0v) is 11.3. The second-order valence-corrected chi connectivity index (χ2v) is 4.21. The van der Waals surface area contributed by atoms with E-state index in [2.05, 4.69) is 15.3 Å². The Balaban J connectivity index is 2.23. The van der Waals surface area contributed by atoms with Crippen LogP contribution in [0.1, 0.15) is 21.6 Å². The molecule has 0 aliphatic rings.